The number of halogens is 2. The van der Waals surface area contributed by atoms with Crippen LogP contribution in [0.25, 0.3) is 0 Å². The Hall–Kier alpha value is -0.650. The molecule has 1 atom stereocenters. The van der Waals surface area contributed by atoms with Crippen LogP contribution in [0.4, 0.5) is 0 Å². The van der Waals surface area contributed by atoms with Crippen molar-refractivity contribution in [1.29, 1.82) is 0 Å². The molecule has 1 unspecified atom stereocenters. The lowest BCUT2D eigenvalue weighted by Crippen LogP contribution is -2.22. The molecule has 1 heterocycles. The number of hydrogen-bond donors (Lipinski definition) is 1. The van der Waals surface area contributed by atoms with Crippen molar-refractivity contribution in [2.45, 2.75) is 19.9 Å². The molecule has 0 fully saturated rings. The average Bonchev–Trinajstić information content (AvgIpc) is 2.59. The summed E-state index contributed by atoms with van der Waals surface area (Å²) in [6.45, 7) is 4.55. The third-order valence-electron chi connectivity index (χ3n) is 2.99. The standard InChI is InChI=1S/C13H15Br2N3/c1-8-13(15)9(2)18(17-8)12(7-16)10-4-3-5-11(14)6-10/h3-6,12H,7,16H2,1-2H3. The van der Waals surface area contributed by atoms with Crippen LogP contribution in [-0.4, -0.2) is 16.3 Å². The molecule has 0 aliphatic heterocycles. The highest BCUT2D eigenvalue weighted by Gasteiger charge is 2.18. The molecule has 2 rings (SSSR count). The van der Waals surface area contributed by atoms with Crippen LogP contribution < -0.4 is 5.73 Å². The molecule has 0 aliphatic carbocycles. The van der Waals surface area contributed by atoms with E-state index in [1.54, 1.807) is 0 Å². The molecule has 0 spiro atoms. The quantitative estimate of drug-likeness (QED) is 0.894. The number of rotatable bonds is 3. The monoisotopic (exact) mass is 371 g/mol. The Balaban J connectivity index is 2.48. The summed E-state index contributed by atoms with van der Waals surface area (Å²) in [5.41, 5.74) is 9.17. The zero-order valence-corrected chi connectivity index (χ0v) is 13.5. The van der Waals surface area contributed by atoms with Crippen LogP contribution >= 0.6 is 31.9 Å². The van der Waals surface area contributed by atoms with Gasteiger partial charge in [0.05, 0.1) is 21.9 Å². The third-order valence-corrected chi connectivity index (χ3v) is 4.63. The predicted molar refractivity (Wildman–Crippen MR) is 80.7 cm³/mol. The summed E-state index contributed by atoms with van der Waals surface area (Å²) in [7, 11) is 0. The minimum absolute atomic E-state index is 0.0625. The van der Waals surface area contributed by atoms with Gasteiger partial charge >= 0.3 is 0 Å². The molecule has 1 aromatic carbocycles. The molecule has 2 aromatic rings. The summed E-state index contributed by atoms with van der Waals surface area (Å²) < 4.78 is 4.09. The Bertz CT molecular complexity index is 563. The maximum absolute atomic E-state index is 5.92. The Morgan fingerprint density at radius 1 is 1.33 bits per heavy atom. The van der Waals surface area contributed by atoms with E-state index < -0.39 is 0 Å². The van der Waals surface area contributed by atoms with Gasteiger partial charge in [0, 0.05) is 11.0 Å². The summed E-state index contributed by atoms with van der Waals surface area (Å²) >= 11 is 7.04. The molecule has 0 saturated carbocycles. The summed E-state index contributed by atoms with van der Waals surface area (Å²) in [6, 6.07) is 8.25. The summed E-state index contributed by atoms with van der Waals surface area (Å²) in [6.07, 6.45) is 0. The van der Waals surface area contributed by atoms with Crippen molar-refractivity contribution in [1.82, 2.24) is 9.78 Å². The lowest BCUT2D eigenvalue weighted by Gasteiger charge is -2.18. The molecular weight excluding hydrogens is 358 g/mol. The number of hydrogen-bond acceptors (Lipinski definition) is 2. The number of aryl methyl sites for hydroxylation is 1. The maximum Gasteiger partial charge on any atom is 0.0894 e. The minimum Gasteiger partial charge on any atom is -0.328 e. The van der Waals surface area contributed by atoms with Crippen LogP contribution in [0.2, 0.25) is 0 Å². The molecule has 0 saturated heterocycles. The summed E-state index contributed by atoms with van der Waals surface area (Å²) in [5, 5.41) is 4.56. The molecule has 3 nitrogen and oxygen atoms in total. The van der Waals surface area contributed by atoms with Gasteiger partial charge < -0.3 is 5.73 Å². The zero-order chi connectivity index (χ0) is 13.3. The van der Waals surface area contributed by atoms with Crippen molar-refractivity contribution in [3.05, 3.63) is 50.2 Å². The predicted octanol–water partition coefficient (Wildman–Crippen LogP) is 3.57. The van der Waals surface area contributed by atoms with Crippen LogP contribution in [-0.2, 0) is 0 Å². The van der Waals surface area contributed by atoms with Crippen molar-refractivity contribution >= 4 is 31.9 Å². The first kappa shape index (κ1) is 13.8. The highest BCUT2D eigenvalue weighted by Crippen LogP contribution is 2.27. The molecule has 0 radical (unpaired) electrons. The van der Waals surface area contributed by atoms with E-state index in [9.17, 15) is 0 Å². The van der Waals surface area contributed by atoms with Gasteiger partial charge in [-0.3, -0.25) is 4.68 Å². The fourth-order valence-electron chi connectivity index (χ4n) is 2.04. The Labute approximate surface area is 124 Å². The van der Waals surface area contributed by atoms with Gasteiger partial charge in [-0.2, -0.15) is 5.10 Å². The number of nitrogens with two attached hydrogens (primary N) is 1. The third kappa shape index (κ3) is 2.53. The van der Waals surface area contributed by atoms with Crippen molar-refractivity contribution in [3.8, 4) is 0 Å². The molecule has 0 aliphatic rings. The number of nitrogens with zero attached hydrogens (tertiary/aromatic N) is 2. The van der Waals surface area contributed by atoms with E-state index in [1.807, 2.05) is 30.7 Å². The first-order chi connectivity index (χ1) is 8.54. The Morgan fingerprint density at radius 2 is 2.06 bits per heavy atom. The first-order valence-electron chi connectivity index (χ1n) is 5.71. The van der Waals surface area contributed by atoms with Crippen molar-refractivity contribution < 1.29 is 0 Å². The Kier molecular flexibility index (Phi) is 4.25. The second kappa shape index (κ2) is 5.55. The van der Waals surface area contributed by atoms with Gasteiger partial charge in [-0.05, 0) is 47.5 Å². The van der Waals surface area contributed by atoms with Gasteiger partial charge in [0.15, 0.2) is 0 Å². The largest absolute Gasteiger partial charge is 0.328 e. The summed E-state index contributed by atoms with van der Waals surface area (Å²) in [5.74, 6) is 0. The van der Waals surface area contributed by atoms with E-state index in [0.29, 0.717) is 6.54 Å². The van der Waals surface area contributed by atoms with Crippen LogP contribution in [0.1, 0.15) is 23.0 Å². The topological polar surface area (TPSA) is 43.8 Å². The van der Waals surface area contributed by atoms with E-state index in [2.05, 4.69) is 49.1 Å². The van der Waals surface area contributed by atoms with E-state index in [4.69, 9.17) is 5.73 Å². The van der Waals surface area contributed by atoms with Crippen molar-refractivity contribution in [2.75, 3.05) is 6.54 Å². The second-order valence-corrected chi connectivity index (χ2v) is 5.94. The fraction of sp³-hybridized carbons (Fsp3) is 0.308. The van der Waals surface area contributed by atoms with Crippen LogP contribution in [0.15, 0.2) is 33.2 Å². The normalized spacial score (nSPS) is 12.7. The van der Waals surface area contributed by atoms with E-state index in [0.717, 1.165) is 25.9 Å². The van der Waals surface area contributed by atoms with Crippen LogP contribution in [0, 0.1) is 13.8 Å². The van der Waals surface area contributed by atoms with Gasteiger partial charge in [0.1, 0.15) is 0 Å². The zero-order valence-electron chi connectivity index (χ0n) is 10.3. The number of aromatic nitrogens is 2. The summed E-state index contributed by atoms with van der Waals surface area (Å²) in [4.78, 5) is 0. The molecular formula is C13H15Br2N3. The number of benzene rings is 1. The molecule has 0 bridgehead atoms. The molecule has 0 amide bonds. The molecule has 18 heavy (non-hydrogen) atoms. The van der Waals surface area contributed by atoms with Crippen LogP contribution in [0.3, 0.4) is 0 Å². The van der Waals surface area contributed by atoms with Gasteiger partial charge in [-0.15, -0.1) is 0 Å². The smallest absolute Gasteiger partial charge is 0.0894 e. The van der Waals surface area contributed by atoms with E-state index in [-0.39, 0.29) is 6.04 Å². The van der Waals surface area contributed by atoms with Crippen molar-refractivity contribution in [2.24, 2.45) is 5.73 Å². The molecule has 96 valence electrons. The van der Waals surface area contributed by atoms with E-state index >= 15 is 0 Å². The molecule has 5 heteroatoms. The highest BCUT2D eigenvalue weighted by molar-refractivity contribution is 9.10. The average molecular weight is 373 g/mol. The van der Waals surface area contributed by atoms with Gasteiger partial charge in [0.25, 0.3) is 0 Å². The van der Waals surface area contributed by atoms with E-state index in [1.165, 1.54) is 0 Å². The Morgan fingerprint density at radius 3 is 2.56 bits per heavy atom. The van der Waals surface area contributed by atoms with Gasteiger partial charge in [-0.1, -0.05) is 28.1 Å². The highest BCUT2D eigenvalue weighted by atomic mass is 79.9. The first-order valence-corrected chi connectivity index (χ1v) is 7.30. The molecule has 1 aromatic heterocycles. The van der Waals surface area contributed by atoms with Crippen LogP contribution in [0.5, 0.6) is 0 Å². The lowest BCUT2D eigenvalue weighted by atomic mass is 10.1. The van der Waals surface area contributed by atoms with Gasteiger partial charge in [0.2, 0.25) is 0 Å². The SMILES string of the molecule is Cc1nn(C(CN)c2cccc(Br)c2)c(C)c1Br. The minimum atomic E-state index is 0.0625. The fourth-order valence-corrected chi connectivity index (χ4v) is 2.72. The van der Waals surface area contributed by atoms with Crippen molar-refractivity contribution in [3.63, 3.8) is 0 Å². The lowest BCUT2D eigenvalue weighted by molar-refractivity contribution is 0.516. The maximum atomic E-state index is 5.92. The molecule has 2 N–H and O–H groups in total. The van der Waals surface area contributed by atoms with Gasteiger partial charge in [-0.25, -0.2) is 0 Å². The second-order valence-electron chi connectivity index (χ2n) is 4.24.